The van der Waals surface area contributed by atoms with Crippen LogP contribution in [-0.4, -0.2) is 18.8 Å². The van der Waals surface area contributed by atoms with Crippen LogP contribution in [0.3, 0.4) is 0 Å². The Balaban J connectivity index is 1.20. The lowest BCUT2D eigenvalue weighted by Gasteiger charge is -2.13. The number of imidazole rings is 2. The van der Waals surface area contributed by atoms with E-state index in [-0.39, 0.29) is 0 Å². The van der Waals surface area contributed by atoms with Gasteiger partial charge in [-0.15, -0.1) is 0 Å². The highest BCUT2D eigenvalue weighted by molar-refractivity contribution is 6.14. The highest BCUT2D eigenvalue weighted by atomic mass is 16.5. The van der Waals surface area contributed by atoms with Crippen LogP contribution < -0.4 is 15.3 Å². The molecule has 5 nitrogen and oxygen atoms in total. The molecule has 5 aromatic carbocycles. The number of hydrogen-bond donors (Lipinski definition) is 0. The molecule has 0 saturated heterocycles. The van der Waals surface area contributed by atoms with E-state index in [0.717, 1.165) is 79.4 Å². The van der Waals surface area contributed by atoms with E-state index in [1.807, 2.05) is 6.07 Å². The highest BCUT2D eigenvalue weighted by Gasteiger charge is 2.16. The molecule has 0 spiro atoms. The van der Waals surface area contributed by atoms with Crippen molar-refractivity contribution in [3.63, 3.8) is 0 Å². The lowest BCUT2D eigenvalue weighted by atomic mass is 10.0. The fraction of sp³-hybridized carbons (Fsp3) is 0.0526. The summed E-state index contributed by atoms with van der Waals surface area (Å²) in [5.41, 5.74) is 7.26. The molecular formula is C38H24N4O. The Morgan fingerprint density at radius 1 is 0.488 bits per heavy atom. The van der Waals surface area contributed by atoms with Gasteiger partial charge >= 0.3 is 0 Å². The third-order valence-electron chi connectivity index (χ3n) is 8.92. The second-order valence-electron chi connectivity index (χ2n) is 11.3. The van der Waals surface area contributed by atoms with Crippen molar-refractivity contribution in [2.75, 3.05) is 0 Å². The molecule has 0 bridgehead atoms. The van der Waals surface area contributed by atoms with E-state index < -0.39 is 0 Å². The molecule has 5 heteroatoms. The largest absolute Gasteiger partial charge is 0.457 e. The van der Waals surface area contributed by atoms with Gasteiger partial charge in [-0.05, 0) is 90.3 Å². The highest BCUT2D eigenvalue weighted by Crippen LogP contribution is 2.36. The summed E-state index contributed by atoms with van der Waals surface area (Å²) >= 11 is 0. The number of para-hydroxylation sites is 5. The van der Waals surface area contributed by atoms with Crippen molar-refractivity contribution < 1.29 is 4.74 Å². The average Bonchev–Trinajstić information content (AvgIpc) is 3.65. The van der Waals surface area contributed by atoms with Gasteiger partial charge in [0.25, 0.3) is 0 Å². The Morgan fingerprint density at radius 2 is 1.07 bits per heavy atom. The Labute approximate surface area is 245 Å². The minimum Gasteiger partial charge on any atom is -0.457 e. The van der Waals surface area contributed by atoms with E-state index in [1.165, 1.54) is 21.3 Å². The van der Waals surface area contributed by atoms with Crippen LogP contribution in [-0.2, 0) is 0 Å². The molecule has 43 heavy (non-hydrogen) atoms. The fourth-order valence-electron chi connectivity index (χ4n) is 7.07. The fourth-order valence-corrected chi connectivity index (χ4v) is 7.07. The molecule has 4 heterocycles. The van der Waals surface area contributed by atoms with Gasteiger partial charge in [0.15, 0.2) is 0 Å². The number of pyridine rings is 2. The maximum Gasteiger partial charge on any atom is 0.146 e. The SMILES string of the molecule is C1=c2c(n3c4ccccc4nc3c3cc(Oc4ccc5c6ccccc6n6c7ccccc7nc6c5c4)ccc23)=CCC1. The lowest BCUT2D eigenvalue weighted by Crippen LogP contribution is -2.34. The summed E-state index contributed by atoms with van der Waals surface area (Å²) in [7, 11) is 0. The normalized spacial score (nSPS) is 13.3. The van der Waals surface area contributed by atoms with Gasteiger partial charge in [0, 0.05) is 21.4 Å². The van der Waals surface area contributed by atoms with Crippen LogP contribution >= 0.6 is 0 Å². The van der Waals surface area contributed by atoms with Crippen LogP contribution in [0, 0.1) is 0 Å². The summed E-state index contributed by atoms with van der Waals surface area (Å²) in [5.74, 6) is 1.56. The van der Waals surface area contributed by atoms with Gasteiger partial charge in [0.1, 0.15) is 22.8 Å². The molecule has 0 radical (unpaired) electrons. The molecule has 0 atom stereocenters. The molecule has 1 aliphatic rings. The van der Waals surface area contributed by atoms with E-state index in [0.29, 0.717) is 0 Å². The summed E-state index contributed by atoms with van der Waals surface area (Å²) < 4.78 is 11.2. The molecule has 202 valence electrons. The maximum absolute atomic E-state index is 6.60. The molecular weight excluding hydrogens is 528 g/mol. The Hall–Kier alpha value is -5.68. The van der Waals surface area contributed by atoms with Gasteiger partial charge in [-0.3, -0.25) is 8.80 Å². The van der Waals surface area contributed by atoms with E-state index in [1.54, 1.807) is 0 Å². The van der Waals surface area contributed by atoms with Gasteiger partial charge < -0.3 is 4.74 Å². The van der Waals surface area contributed by atoms with Crippen molar-refractivity contribution in [2.24, 2.45) is 0 Å². The van der Waals surface area contributed by atoms with Gasteiger partial charge in [-0.1, -0.05) is 54.6 Å². The van der Waals surface area contributed by atoms with Crippen LogP contribution in [0.15, 0.2) is 109 Å². The molecule has 0 N–H and O–H groups in total. The van der Waals surface area contributed by atoms with E-state index in [4.69, 9.17) is 14.7 Å². The van der Waals surface area contributed by atoms with Crippen molar-refractivity contribution in [1.29, 1.82) is 0 Å². The van der Waals surface area contributed by atoms with Crippen LogP contribution in [0.5, 0.6) is 11.5 Å². The Bertz CT molecular complexity index is 2770. The lowest BCUT2D eigenvalue weighted by molar-refractivity contribution is 0.484. The molecule has 0 amide bonds. The van der Waals surface area contributed by atoms with Gasteiger partial charge in [0.2, 0.25) is 0 Å². The molecule has 9 aromatic rings. The maximum atomic E-state index is 6.60. The van der Waals surface area contributed by atoms with Crippen molar-refractivity contribution in [3.05, 3.63) is 120 Å². The first-order chi connectivity index (χ1) is 21.3. The molecule has 0 saturated carbocycles. The predicted octanol–water partition coefficient (Wildman–Crippen LogP) is 7.90. The zero-order valence-corrected chi connectivity index (χ0v) is 23.2. The first kappa shape index (κ1) is 22.9. The number of hydrogen-bond acceptors (Lipinski definition) is 3. The number of benzene rings is 5. The van der Waals surface area contributed by atoms with Crippen molar-refractivity contribution >= 4 is 78.0 Å². The zero-order chi connectivity index (χ0) is 28.1. The minimum absolute atomic E-state index is 0.776. The Morgan fingerprint density at radius 3 is 1.84 bits per heavy atom. The third-order valence-corrected chi connectivity index (χ3v) is 8.92. The van der Waals surface area contributed by atoms with Gasteiger partial charge in [-0.2, -0.15) is 0 Å². The second-order valence-corrected chi connectivity index (χ2v) is 11.3. The summed E-state index contributed by atoms with van der Waals surface area (Å²) in [4.78, 5) is 10.2. The first-order valence-corrected chi connectivity index (χ1v) is 14.7. The van der Waals surface area contributed by atoms with Crippen molar-refractivity contribution in [1.82, 2.24) is 18.8 Å². The minimum atomic E-state index is 0.776. The monoisotopic (exact) mass is 552 g/mol. The smallest absolute Gasteiger partial charge is 0.146 e. The molecule has 10 rings (SSSR count). The number of aromatic nitrogens is 4. The van der Waals surface area contributed by atoms with Gasteiger partial charge in [0.05, 0.1) is 32.9 Å². The van der Waals surface area contributed by atoms with E-state index >= 15 is 0 Å². The van der Waals surface area contributed by atoms with E-state index in [9.17, 15) is 0 Å². The second kappa shape index (κ2) is 8.43. The van der Waals surface area contributed by atoms with Crippen LogP contribution in [0.25, 0.3) is 78.0 Å². The molecule has 1 aliphatic carbocycles. The summed E-state index contributed by atoms with van der Waals surface area (Å²) in [6.07, 6.45) is 6.79. The standard InChI is InChI=1S/C38H24N4O/c1-5-13-33-27(9-1)25-19-17-23(21-29(25)37-39-31-11-3-7-15-35(31)41(33)37)43-24-18-20-26-28-10-2-6-14-34(28)42-36-16-8-4-12-32(36)40-38(42)30(26)22-24/h1,3-5,7-22H,2,6H2. The zero-order valence-electron chi connectivity index (χ0n) is 23.2. The van der Waals surface area contributed by atoms with Crippen LogP contribution in [0.4, 0.5) is 0 Å². The third kappa shape index (κ3) is 3.16. The first-order valence-electron chi connectivity index (χ1n) is 14.7. The van der Waals surface area contributed by atoms with Gasteiger partial charge in [-0.25, -0.2) is 9.97 Å². The summed E-state index contributed by atoms with van der Waals surface area (Å²) in [6.45, 7) is 0. The van der Waals surface area contributed by atoms with E-state index in [2.05, 4.69) is 124 Å². The van der Waals surface area contributed by atoms with Crippen LogP contribution in [0.2, 0.25) is 0 Å². The predicted molar refractivity (Wildman–Crippen MR) is 175 cm³/mol. The van der Waals surface area contributed by atoms with Crippen molar-refractivity contribution in [3.8, 4) is 11.5 Å². The number of nitrogens with zero attached hydrogens (tertiary/aromatic N) is 4. The number of fused-ring (bicyclic) bond motifs is 16. The molecule has 0 unspecified atom stereocenters. The number of rotatable bonds is 2. The summed E-state index contributed by atoms with van der Waals surface area (Å²) in [6, 6.07) is 38.0. The van der Waals surface area contributed by atoms with Crippen LogP contribution in [0.1, 0.15) is 12.8 Å². The molecule has 0 aliphatic heterocycles. The molecule has 4 aromatic heterocycles. The average molecular weight is 553 g/mol. The van der Waals surface area contributed by atoms with Crippen molar-refractivity contribution in [2.45, 2.75) is 12.8 Å². The number of ether oxygens (including phenoxy) is 1. The topological polar surface area (TPSA) is 43.8 Å². The Kier molecular flexibility index (Phi) is 4.50. The summed E-state index contributed by atoms with van der Waals surface area (Å²) in [5, 5.41) is 8.22. The quantitative estimate of drug-likeness (QED) is 0.205. The molecule has 0 fully saturated rings.